The van der Waals surface area contributed by atoms with Gasteiger partial charge >= 0.3 is 5.97 Å². The lowest BCUT2D eigenvalue weighted by Gasteiger charge is -2.26. The number of carbonyl (C=O) groups excluding carboxylic acids is 3. The van der Waals surface area contributed by atoms with E-state index in [0.717, 1.165) is 22.3 Å². The van der Waals surface area contributed by atoms with Crippen molar-refractivity contribution in [1.82, 2.24) is 5.32 Å². The van der Waals surface area contributed by atoms with Crippen LogP contribution in [0, 0.1) is 0 Å². The van der Waals surface area contributed by atoms with E-state index in [9.17, 15) is 14.4 Å². The molecule has 0 aliphatic carbocycles. The molecule has 0 radical (unpaired) electrons. The largest absolute Gasteiger partial charge is 0.456 e. The predicted molar refractivity (Wildman–Crippen MR) is 143 cm³/mol. The first-order valence-corrected chi connectivity index (χ1v) is 12.1. The Kier molecular flexibility index (Phi) is 8.13. The minimum absolute atomic E-state index is 0.130. The molecule has 5 heteroatoms. The van der Waals surface area contributed by atoms with E-state index in [1.807, 2.05) is 54.6 Å². The highest BCUT2D eigenvalue weighted by Gasteiger charge is 2.22. The summed E-state index contributed by atoms with van der Waals surface area (Å²) in [5.41, 5.74) is 4.84. The number of amides is 1. The number of rotatable bonds is 7. The molecule has 5 nitrogen and oxygen atoms in total. The fourth-order valence-corrected chi connectivity index (χ4v) is 3.64. The van der Waals surface area contributed by atoms with Gasteiger partial charge in [0.15, 0.2) is 12.4 Å². The van der Waals surface area contributed by atoms with E-state index in [2.05, 4.69) is 52.9 Å². The second kappa shape index (κ2) is 10.9. The average molecular weight is 486 g/mol. The zero-order valence-electron chi connectivity index (χ0n) is 22.0. The molecule has 0 aromatic heterocycles. The third-order valence-corrected chi connectivity index (χ3v) is 6.00. The fraction of sp³-hybridized carbons (Fsp3) is 0.323. The number of hydrogen-bond acceptors (Lipinski definition) is 4. The van der Waals surface area contributed by atoms with Crippen LogP contribution in [0.3, 0.4) is 0 Å². The van der Waals surface area contributed by atoms with Crippen LogP contribution in [0.4, 0.5) is 0 Å². The van der Waals surface area contributed by atoms with Crippen LogP contribution in [0.25, 0.3) is 11.1 Å². The second-order valence-corrected chi connectivity index (χ2v) is 11.0. The molecule has 3 aromatic rings. The predicted octanol–water partition coefficient (Wildman–Crippen LogP) is 6.10. The summed E-state index contributed by atoms with van der Waals surface area (Å²) in [6.07, 6.45) is 0. The Morgan fingerprint density at radius 3 is 1.75 bits per heavy atom. The van der Waals surface area contributed by atoms with Gasteiger partial charge in [-0.3, -0.25) is 14.4 Å². The molecule has 0 heterocycles. The van der Waals surface area contributed by atoms with Gasteiger partial charge in [-0.1, -0.05) is 102 Å². The van der Waals surface area contributed by atoms with Crippen LogP contribution < -0.4 is 5.32 Å². The maximum atomic E-state index is 12.8. The second-order valence-electron chi connectivity index (χ2n) is 11.0. The van der Waals surface area contributed by atoms with Gasteiger partial charge in [-0.2, -0.15) is 0 Å². The molecule has 0 saturated carbocycles. The molecule has 0 fully saturated rings. The number of hydrogen-bond donors (Lipinski definition) is 1. The summed E-state index contributed by atoms with van der Waals surface area (Å²) in [7, 11) is 0. The third kappa shape index (κ3) is 7.14. The Morgan fingerprint density at radius 1 is 0.694 bits per heavy atom. The van der Waals surface area contributed by atoms with Gasteiger partial charge in [0.05, 0.1) is 0 Å². The molecule has 0 atom stereocenters. The molecule has 188 valence electrons. The summed E-state index contributed by atoms with van der Waals surface area (Å²) in [6.45, 7) is 11.9. The summed E-state index contributed by atoms with van der Waals surface area (Å²) >= 11 is 0. The van der Waals surface area contributed by atoms with Gasteiger partial charge in [0.25, 0.3) is 5.91 Å². The number of nitrogens with one attached hydrogen (secondary N) is 1. The Balaban J connectivity index is 1.57. The van der Waals surface area contributed by atoms with Gasteiger partial charge < -0.3 is 10.1 Å². The quantitative estimate of drug-likeness (QED) is 0.324. The van der Waals surface area contributed by atoms with Gasteiger partial charge in [-0.15, -0.1) is 0 Å². The van der Waals surface area contributed by atoms with Crippen LogP contribution in [0.2, 0.25) is 0 Å². The first-order chi connectivity index (χ1) is 16.8. The molecular formula is C31H35NO4. The van der Waals surface area contributed by atoms with E-state index < -0.39 is 5.97 Å². The molecule has 0 spiro atoms. The van der Waals surface area contributed by atoms with Crippen LogP contribution in [0.15, 0.2) is 72.8 Å². The Morgan fingerprint density at radius 2 is 1.22 bits per heavy atom. The normalized spacial score (nSPS) is 11.6. The highest BCUT2D eigenvalue weighted by atomic mass is 16.5. The number of ether oxygens (including phenoxy) is 1. The molecule has 0 aliphatic rings. The van der Waals surface area contributed by atoms with Crippen LogP contribution in [0.5, 0.6) is 0 Å². The molecule has 1 N–H and O–H groups in total. The fourth-order valence-electron chi connectivity index (χ4n) is 3.64. The molecule has 1 amide bonds. The lowest BCUT2D eigenvalue weighted by atomic mass is 9.79. The minimum Gasteiger partial charge on any atom is -0.456 e. The van der Waals surface area contributed by atoms with E-state index in [-0.39, 0.29) is 35.7 Å². The minimum atomic E-state index is -0.666. The SMILES string of the molecule is CC(C)(C)c1cc(C(=O)NCC(=O)OCC(=O)c2ccc(-c3ccccc3)cc2)cc(C(C)(C)C)c1. The first kappa shape index (κ1) is 26.9. The molecule has 0 unspecified atom stereocenters. The van der Waals surface area contributed by atoms with E-state index >= 15 is 0 Å². The highest BCUT2D eigenvalue weighted by molar-refractivity contribution is 5.99. The van der Waals surface area contributed by atoms with Crippen molar-refractivity contribution in [1.29, 1.82) is 0 Å². The summed E-state index contributed by atoms with van der Waals surface area (Å²) in [5.74, 6) is -1.33. The topological polar surface area (TPSA) is 72.5 Å². The zero-order chi connectivity index (χ0) is 26.5. The maximum absolute atomic E-state index is 12.8. The van der Waals surface area contributed by atoms with E-state index in [1.54, 1.807) is 12.1 Å². The van der Waals surface area contributed by atoms with Crippen LogP contribution in [-0.4, -0.2) is 30.8 Å². The Bertz CT molecular complexity index is 1200. The van der Waals surface area contributed by atoms with Crippen molar-refractivity contribution in [2.75, 3.05) is 13.2 Å². The van der Waals surface area contributed by atoms with Crippen molar-refractivity contribution in [3.8, 4) is 11.1 Å². The smallest absolute Gasteiger partial charge is 0.325 e. The third-order valence-electron chi connectivity index (χ3n) is 6.00. The number of benzene rings is 3. The highest BCUT2D eigenvalue weighted by Crippen LogP contribution is 2.30. The van der Waals surface area contributed by atoms with Gasteiger partial charge in [-0.05, 0) is 45.2 Å². The van der Waals surface area contributed by atoms with Crippen molar-refractivity contribution in [2.24, 2.45) is 0 Å². The summed E-state index contributed by atoms with van der Waals surface area (Å²) in [4.78, 5) is 37.5. The van der Waals surface area contributed by atoms with Gasteiger partial charge in [0, 0.05) is 11.1 Å². The van der Waals surface area contributed by atoms with Crippen LogP contribution in [0.1, 0.15) is 73.4 Å². The van der Waals surface area contributed by atoms with Crippen LogP contribution in [-0.2, 0) is 20.4 Å². The van der Waals surface area contributed by atoms with E-state index in [4.69, 9.17) is 4.74 Å². The number of carbonyl (C=O) groups is 3. The van der Waals surface area contributed by atoms with Crippen molar-refractivity contribution in [3.05, 3.63) is 95.1 Å². The van der Waals surface area contributed by atoms with Crippen LogP contribution >= 0.6 is 0 Å². The summed E-state index contributed by atoms with van der Waals surface area (Å²) < 4.78 is 5.11. The van der Waals surface area contributed by atoms with Crippen molar-refractivity contribution >= 4 is 17.7 Å². The molecular weight excluding hydrogens is 450 g/mol. The molecule has 0 saturated heterocycles. The van der Waals surface area contributed by atoms with E-state index in [1.165, 1.54) is 0 Å². The number of ketones is 1. The molecule has 36 heavy (non-hydrogen) atoms. The van der Waals surface area contributed by atoms with Crippen molar-refractivity contribution < 1.29 is 19.1 Å². The Hall–Kier alpha value is -3.73. The molecule has 3 rings (SSSR count). The molecule has 0 bridgehead atoms. The van der Waals surface area contributed by atoms with Gasteiger partial charge in [-0.25, -0.2) is 0 Å². The zero-order valence-corrected chi connectivity index (χ0v) is 22.0. The first-order valence-electron chi connectivity index (χ1n) is 12.1. The molecule has 0 aliphatic heterocycles. The average Bonchev–Trinajstić information content (AvgIpc) is 2.85. The Labute approximate surface area is 213 Å². The standard InChI is InChI=1S/C31H35NO4/c1-30(2,3)25-16-24(17-26(18-25)31(4,5)6)29(35)32-19-28(34)36-20-27(33)23-14-12-22(13-15-23)21-10-8-7-9-11-21/h7-18H,19-20H2,1-6H3,(H,32,35). The summed E-state index contributed by atoms with van der Waals surface area (Å²) in [5, 5.41) is 2.62. The lowest BCUT2D eigenvalue weighted by molar-refractivity contribution is -0.141. The van der Waals surface area contributed by atoms with Crippen molar-refractivity contribution in [3.63, 3.8) is 0 Å². The lowest BCUT2D eigenvalue weighted by Crippen LogP contribution is -2.32. The van der Waals surface area contributed by atoms with Crippen molar-refractivity contribution in [2.45, 2.75) is 52.4 Å². The van der Waals surface area contributed by atoms with Gasteiger partial charge in [0.2, 0.25) is 0 Å². The summed E-state index contributed by atoms with van der Waals surface area (Å²) in [6, 6.07) is 22.9. The monoisotopic (exact) mass is 485 g/mol. The van der Waals surface area contributed by atoms with Gasteiger partial charge in [0.1, 0.15) is 6.54 Å². The van der Waals surface area contributed by atoms with E-state index in [0.29, 0.717) is 11.1 Å². The number of esters is 1. The molecule has 3 aromatic carbocycles. The maximum Gasteiger partial charge on any atom is 0.325 e. The number of Topliss-reactive ketones (excluding diaryl/α,β-unsaturated/α-hetero) is 1.